The molecule has 0 heterocycles. The van der Waals surface area contributed by atoms with Crippen LogP contribution in [0.5, 0.6) is 0 Å². The van der Waals surface area contributed by atoms with Crippen LogP contribution >= 0.6 is 0 Å². The minimum absolute atomic E-state index is 0.369. The fourth-order valence-corrected chi connectivity index (χ4v) is 1.18. The van der Waals surface area contributed by atoms with Gasteiger partial charge in [0.2, 0.25) is 0 Å². The summed E-state index contributed by atoms with van der Waals surface area (Å²) in [7, 11) is 0. The van der Waals surface area contributed by atoms with Crippen molar-refractivity contribution in [3.05, 3.63) is 23.3 Å². The summed E-state index contributed by atoms with van der Waals surface area (Å²) in [4.78, 5) is 0. The lowest BCUT2D eigenvalue weighted by atomic mass is 9.85. The van der Waals surface area contributed by atoms with Crippen LogP contribution in [0.25, 0.3) is 0 Å². The average Bonchev–Trinajstić information content (AvgIpc) is 2.11. The molecule has 0 aliphatic heterocycles. The van der Waals surface area contributed by atoms with Gasteiger partial charge in [0.1, 0.15) is 0 Å². The fourth-order valence-electron chi connectivity index (χ4n) is 1.18. The van der Waals surface area contributed by atoms with Crippen molar-refractivity contribution < 1.29 is 0 Å². The minimum atomic E-state index is 0.369. The zero-order valence-corrected chi connectivity index (χ0v) is 7.36. The molecule has 0 radical (unpaired) electrons. The molecule has 0 atom stereocenters. The third-order valence-corrected chi connectivity index (χ3v) is 2.00. The van der Waals surface area contributed by atoms with E-state index in [1.807, 2.05) is 0 Å². The van der Waals surface area contributed by atoms with Gasteiger partial charge in [-0.15, -0.1) is 0 Å². The molecule has 0 fully saturated rings. The van der Waals surface area contributed by atoms with Crippen molar-refractivity contribution in [2.45, 2.75) is 34.1 Å². The third-order valence-electron chi connectivity index (χ3n) is 2.00. The first-order valence-electron chi connectivity index (χ1n) is 3.87. The van der Waals surface area contributed by atoms with Gasteiger partial charge in [0.15, 0.2) is 0 Å². The highest BCUT2D eigenvalue weighted by Crippen LogP contribution is 2.33. The summed E-state index contributed by atoms with van der Waals surface area (Å²) >= 11 is 0. The lowest BCUT2D eigenvalue weighted by Crippen LogP contribution is -2.07. The molecule has 1 rings (SSSR count). The van der Waals surface area contributed by atoms with Gasteiger partial charge in [-0.2, -0.15) is 0 Å². The van der Waals surface area contributed by atoms with Crippen molar-refractivity contribution >= 4 is 0 Å². The summed E-state index contributed by atoms with van der Waals surface area (Å²) in [6, 6.07) is 0. The van der Waals surface area contributed by atoms with Crippen LogP contribution in [-0.4, -0.2) is 0 Å². The summed E-state index contributed by atoms with van der Waals surface area (Å²) in [5.74, 6) is 0. The second-order valence-electron chi connectivity index (χ2n) is 4.13. The highest BCUT2D eigenvalue weighted by molar-refractivity contribution is 5.32. The van der Waals surface area contributed by atoms with Crippen molar-refractivity contribution in [3.8, 4) is 0 Å². The maximum atomic E-state index is 2.27. The van der Waals surface area contributed by atoms with Crippen LogP contribution in [0.3, 0.4) is 0 Å². The standard InChI is InChI=1S/C10H16/c1-8-5-6-9(7-8)10(2,3)4/h5-6H,7H2,1-4H3. The molecular weight excluding hydrogens is 120 g/mol. The van der Waals surface area contributed by atoms with Crippen molar-refractivity contribution in [1.82, 2.24) is 0 Å². The van der Waals surface area contributed by atoms with Gasteiger partial charge in [-0.1, -0.05) is 44.1 Å². The lowest BCUT2D eigenvalue weighted by molar-refractivity contribution is 0.494. The number of allylic oxidation sites excluding steroid dienone is 4. The second-order valence-corrected chi connectivity index (χ2v) is 4.13. The maximum Gasteiger partial charge on any atom is -0.00997 e. The molecule has 56 valence electrons. The highest BCUT2D eigenvalue weighted by Gasteiger charge is 2.18. The Balaban J connectivity index is 2.66. The molecule has 0 saturated carbocycles. The van der Waals surface area contributed by atoms with Crippen LogP contribution in [-0.2, 0) is 0 Å². The molecule has 0 N–H and O–H groups in total. The van der Waals surface area contributed by atoms with Crippen LogP contribution in [0, 0.1) is 5.41 Å². The lowest BCUT2D eigenvalue weighted by Gasteiger charge is -2.20. The Bertz CT molecular complexity index is 187. The van der Waals surface area contributed by atoms with Crippen molar-refractivity contribution in [1.29, 1.82) is 0 Å². The third kappa shape index (κ3) is 1.50. The van der Waals surface area contributed by atoms with Gasteiger partial charge in [-0.3, -0.25) is 0 Å². The molecule has 0 heteroatoms. The van der Waals surface area contributed by atoms with Gasteiger partial charge in [-0.25, -0.2) is 0 Å². The topological polar surface area (TPSA) is 0 Å². The Kier molecular flexibility index (Phi) is 1.72. The Labute approximate surface area is 63.6 Å². The zero-order chi connectivity index (χ0) is 7.78. The van der Waals surface area contributed by atoms with Crippen molar-refractivity contribution in [3.63, 3.8) is 0 Å². The molecule has 0 aromatic carbocycles. The summed E-state index contributed by atoms with van der Waals surface area (Å²) in [5.41, 5.74) is 3.42. The molecule has 0 saturated heterocycles. The van der Waals surface area contributed by atoms with E-state index in [9.17, 15) is 0 Å². The molecule has 0 spiro atoms. The van der Waals surface area contributed by atoms with Crippen molar-refractivity contribution in [2.75, 3.05) is 0 Å². The normalized spacial score (nSPS) is 18.8. The van der Waals surface area contributed by atoms with E-state index in [-0.39, 0.29) is 0 Å². The number of rotatable bonds is 0. The first-order valence-corrected chi connectivity index (χ1v) is 3.87. The van der Waals surface area contributed by atoms with E-state index in [2.05, 4.69) is 39.8 Å². The zero-order valence-electron chi connectivity index (χ0n) is 7.36. The maximum absolute atomic E-state index is 2.27. The second kappa shape index (κ2) is 2.26. The summed E-state index contributed by atoms with van der Waals surface area (Å²) in [6.45, 7) is 9.00. The van der Waals surface area contributed by atoms with E-state index in [0.717, 1.165) is 0 Å². The van der Waals surface area contributed by atoms with E-state index in [0.29, 0.717) is 5.41 Å². The molecule has 0 aromatic heterocycles. The van der Waals surface area contributed by atoms with Gasteiger partial charge in [0.05, 0.1) is 0 Å². The molecule has 0 bridgehead atoms. The largest absolute Gasteiger partial charge is 0.0692 e. The molecule has 10 heavy (non-hydrogen) atoms. The first-order chi connectivity index (χ1) is 4.50. The Morgan fingerprint density at radius 2 is 1.80 bits per heavy atom. The Hall–Kier alpha value is -0.520. The smallest absolute Gasteiger partial charge is 0.00997 e. The quantitative estimate of drug-likeness (QED) is 0.479. The van der Waals surface area contributed by atoms with Gasteiger partial charge in [0.25, 0.3) is 0 Å². The molecule has 0 aromatic rings. The van der Waals surface area contributed by atoms with Crippen LogP contribution in [0.4, 0.5) is 0 Å². The average molecular weight is 136 g/mol. The summed E-state index contributed by atoms with van der Waals surface area (Å²) in [6.07, 6.45) is 5.67. The summed E-state index contributed by atoms with van der Waals surface area (Å²) in [5, 5.41) is 0. The Morgan fingerprint density at radius 1 is 1.20 bits per heavy atom. The van der Waals surface area contributed by atoms with Gasteiger partial charge in [0, 0.05) is 0 Å². The van der Waals surface area contributed by atoms with Gasteiger partial charge >= 0.3 is 0 Å². The SMILES string of the molecule is CC1=CC=C(C(C)(C)C)C1. The van der Waals surface area contributed by atoms with Gasteiger partial charge in [-0.05, 0) is 18.8 Å². The van der Waals surface area contributed by atoms with E-state index < -0.39 is 0 Å². The van der Waals surface area contributed by atoms with E-state index in [1.54, 1.807) is 5.57 Å². The highest BCUT2D eigenvalue weighted by atomic mass is 14.2. The van der Waals surface area contributed by atoms with Gasteiger partial charge < -0.3 is 0 Å². The van der Waals surface area contributed by atoms with Crippen LogP contribution in [0.15, 0.2) is 23.3 Å². The number of hydrogen-bond acceptors (Lipinski definition) is 0. The van der Waals surface area contributed by atoms with E-state index in [4.69, 9.17) is 0 Å². The molecule has 1 aliphatic carbocycles. The van der Waals surface area contributed by atoms with E-state index in [1.165, 1.54) is 12.0 Å². The Morgan fingerprint density at radius 3 is 2.00 bits per heavy atom. The molecule has 0 nitrogen and oxygen atoms in total. The molecule has 1 aliphatic rings. The molecular formula is C10H16. The van der Waals surface area contributed by atoms with Crippen LogP contribution < -0.4 is 0 Å². The van der Waals surface area contributed by atoms with Crippen molar-refractivity contribution in [2.24, 2.45) is 5.41 Å². The van der Waals surface area contributed by atoms with Crippen LogP contribution in [0.2, 0.25) is 0 Å². The van der Waals surface area contributed by atoms with Crippen LogP contribution in [0.1, 0.15) is 34.1 Å². The minimum Gasteiger partial charge on any atom is -0.0692 e. The number of hydrogen-bond donors (Lipinski definition) is 0. The molecule has 0 amide bonds. The predicted molar refractivity (Wildman–Crippen MR) is 45.9 cm³/mol. The fraction of sp³-hybridized carbons (Fsp3) is 0.600. The predicted octanol–water partition coefficient (Wildman–Crippen LogP) is 3.31. The first kappa shape index (κ1) is 7.59. The molecule has 0 unspecified atom stereocenters. The monoisotopic (exact) mass is 136 g/mol. The summed E-state index contributed by atoms with van der Waals surface area (Å²) < 4.78 is 0. The van der Waals surface area contributed by atoms with E-state index >= 15 is 0 Å².